The molecule has 1 heterocycles. The molecule has 0 amide bonds. The van der Waals surface area contributed by atoms with Crippen molar-refractivity contribution in [3.63, 3.8) is 0 Å². The summed E-state index contributed by atoms with van der Waals surface area (Å²) in [6, 6.07) is 6.48. The summed E-state index contributed by atoms with van der Waals surface area (Å²) < 4.78 is 0. The predicted octanol–water partition coefficient (Wildman–Crippen LogP) is 3.27. The number of ketones is 1. The van der Waals surface area contributed by atoms with Crippen LogP contribution in [-0.2, 0) is 6.42 Å². The van der Waals surface area contributed by atoms with Gasteiger partial charge in [-0.3, -0.25) is 4.79 Å². The molecule has 2 heteroatoms. The van der Waals surface area contributed by atoms with Crippen LogP contribution in [0.1, 0.15) is 43.6 Å². The van der Waals surface area contributed by atoms with Gasteiger partial charge in [0.25, 0.3) is 0 Å². The van der Waals surface area contributed by atoms with E-state index in [1.54, 1.807) is 0 Å². The van der Waals surface area contributed by atoms with Crippen LogP contribution in [0.3, 0.4) is 0 Å². The fourth-order valence-corrected chi connectivity index (χ4v) is 2.12. The van der Waals surface area contributed by atoms with Gasteiger partial charge >= 0.3 is 0 Å². The Morgan fingerprint density at radius 1 is 1.38 bits per heavy atom. The summed E-state index contributed by atoms with van der Waals surface area (Å²) in [5.74, 6) is 0.217. The highest BCUT2D eigenvalue weighted by Gasteiger charge is 2.25. The van der Waals surface area contributed by atoms with Crippen LogP contribution in [0.2, 0.25) is 0 Å². The van der Waals surface area contributed by atoms with E-state index in [1.165, 1.54) is 11.3 Å². The quantitative estimate of drug-likeness (QED) is 0.731. The van der Waals surface area contributed by atoms with Crippen LogP contribution < -0.4 is 5.32 Å². The van der Waals surface area contributed by atoms with Gasteiger partial charge < -0.3 is 5.32 Å². The van der Waals surface area contributed by atoms with Gasteiger partial charge in [0.2, 0.25) is 0 Å². The van der Waals surface area contributed by atoms with E-state index in [4.69, 9.17) is 0 Å². The second-order valence-corrected chi connectivity index (χ2v) is 5.70. The largest absolute Gasteiger partial charge is 0.382 e. The highest BCUT2D eigenvalue weighted by Crippen LogP contribution is 2.29. The van der Waals surface area contributed by atoms with Crippen molar-refractivity contribution in [2.24, 2.45) is 5.41 Å². The van der Waals surface area contributed by atoms with E-state index in [0.29, 0.717) is 6.04 Å². The Morgan fingerprint density at radius 3 is 2.69 bits per heavy atom. The Balaban J connectivity index is 2.33. The number of hydrogen-bond donors (Lipinski definition) is 1. The minimum Gasteiger partial charge on any atom is -0.382 e. The van der Waals surface area contributed by atoms with Crippen LogP contribution in [-0.4, -0.2) is 11.8 Å². The molecular weight excluding hydrogens is 198 g/mol. The lowest BCUT2D eigenvalue weighted by Crippen LogP contribution is -2.20. The van der Waals surface area contributed by atoms with E-state index >= 15 is 0 Å². The first kappa shape index (κ1) is 11.2. The number of nitrogens with one attached hydrogen (secondary N) is 1. The van der Waals surface area contributed by atoms with Gasteiger partial charge in [0, 0.05) is 22.7 Å². The second kappa shape index (κ2) is 3.62. The molecule has 0 saturated carbocycles. The molecule has 0 saturated heterocycles. The molecule has 2 rings (SSSR count). The fourth-order valence-electron chi connectivity index (χ4n) is 2.12. The SMILES string of the molecule is CC1Cc2cc(C(=O)C(C)(C)C)ccc2N1. The number of rotatable bonds is 1. The number of Topliss-reactive ketones (excluding diaryl/α,β-unsaturated/α-hetero) is 1. The van der Waals surface area contributed by atoms with Gasteiger partial charge in [-0.25, -0.2) is 0 Å². The molecule has 1 aliphatic heterocycles. The van der Waals surface area contributed by atoms with Crippen molar-refractivity contribution >= 4 is 11.5 Å². The summed E-state index contributed by atoms with van der Waals surface area (Å²) in [5, 5.41) is 3.39. The summed E-state index contributed by atoms with van der Waals surface area (Å²) in [4.78, 5) is 12.1. The monoisotopic (exact) mass is 217 g/mol. The Labute approximate surface area is 97.1 Å². The van der Waals surface area contributed by atoms with Crippen LogP contribution >= 0.6 is 0 Å². The number of fused-ring (bicyclic) bond motifs is 1. The minimum atomic E-state index is -0.300. The van der Waals surface area contributed by atoms with Gasteiger partial charge in [-0.15, -0.1) is 0 Å². The highest BCUT2D eigenvalue weighted by atomic mass is 16.1. The van der Waals surface area contributed by atoms with Crippen LogP contribution in [0.25, 0.3) is 0 Å². The lowest BCUT2D eigenvalue weighted by Gasteiger charge is -2.17. The van der Waals surface area contributed by atoms with Crippen molar-refractivity contribution in [2.75, 3.05) is 5.32 Å². The Morgan fingerprint density at radius 2 is 2.06 bits per heavy atom. The molecule has 1 aromatic rings. The molecular formula is C14H19NO. The van der Waals surface area contributed by atoms with Crippen molar-refractivity contribution in [1.29, 1.82) is 0 Å². The summed E-state index contributed by atoms with van der Waals surface area (Å²) in [6.07, 6.45) is 1.01. The van der Waals surface area contributed by atoms with E-state index in [9.17, 15) is 4.79 Å². The average Bonchev–Trinajstić information content (AvgIpc) is 2.54. The van der Waals surface area contributed by atoms with E-state index in [-0.39, 0.29) is 11.2 Å². The van der Waals surface area contributed by atoms with Crippen molar-refractivity contribution in [3.05, 3.63) is 29.3 Å². The van der Waals surface area contributed by atoms with E-state index in [0.717, 1.165) is 12.0 Å². The zero-order chi connectivity index (χ0) is 11.9. The zero-order valence-electron chi connectivity index (χ0n) is 10.4. The van der Waals surface area contributed by atoms with Crippen LogP contribution in [0, 0.1) is 5.41 Å². The molecule has 16 heavy (non-hydrogen) atoms. The van der Waals surface area contributed by atoms with Crippen molar-refractivity contribution in [3.8, 4) is 0 Å². The van der Waals surface area contributed by atoms with Crippen LogP contribution in [0.5, 0.6) is 0 Å². The zero-order valence-corrected chi connectivity index (χ0v) is 10.4. The third-order valence-corrected chi connectivity index (χ3v) is 2.98. The first-order valence-electron chi connectivity index (χ1n) is 5.82. The molecule has 0 radical (unpaired) electrons. The van der Waals surface area contributed by atoms with E-state index < -0.39 is 0 Å². The van der Waals surface area contributed by atoms with Crippen molar-refractivity contribution in [1.82, 2.24) is 0 Å². The van der Waals surface area contributed by atoms with E-state index in [1.807, 2.05) is 39.0 Å². The average molecular weight is 217 g/mol. The molecule has 2 nitrogen and oxygen atoms in total. The number of carbonyl (C=O) groups excluding carboxylic acids is 1. The van der Waals surface area contributed by atoms with Gasteiger partial charge in [0.1, 0.15) is 0 Å². The second-order valence-electron chi connectivity index (χ2n) is 5.70. The van der Waals surface area contributed by atoms with Gasteiger partial charge in [-0.1, -0.05) is 20.8 Å². The maximum atomic E-state index is 12.1. The smallest absolute Gasteiger partial charge is 0.168 e. The summed E-state index contributed by atoms with van der Waals surface area (Å²) in [7, 11) is 0. The third kappa shape index (κ3) is 1.97. The number of hydrogen-bond acceptors (Lipinski definition) is 2. The van der Waals surface area contributed by atoms with Crippen molar-refractivity contribution in [2.45, 2.75) is 40.2 Å². The summed E-state index contributed by atoms with van der Waals surface area (Å²) in [6.45, 7) is 8.04. The van der Waals surface area contributed by atoms with E-state index in [2.05, 4.69) is 12.2 Å². The van der Waals surface area contributed by atoms with Crippen LogP contribution in [0.4, 0.5) is 5.69 Å². The summed E-state index contributed by atoms with van der Waals surface area (Å²) in [5.41, 5.74) is 2.98. The number of carbonyl (C=O) groups is 1. The molecule has 0 spiro atoms. The Hall–Kier alpha value is -1.31. The van der Waals surface area contributed by atoms with Crippen molar-refractivity contribution < 1.29 is 4.79 Å². The Bertz CT molecular complexity index is 429. The molecule has 1 aliphatic rings. The fraction of sp³-hybridized carbons (Fsp3) is 0.500. The molecule has 1 atom stereocenters. The topological polar surface area (TPSA) is 29.1 Å². The maximum absolute atomic E-state index is 12.1. The van der Waals surface area contributed by atoms with Gasteiger partial charge in [-0.05, 0) is 37.1 Å². The molecule has 0 aromatic heterocycles. The molecule has 1 N–H and O–H groups in total. The standard InChI is InChI=1S/C14H19NO/c1-9-7-11-8-10(5-6-12(11)15-9)13(16)14(2,3)4/h5-6,8-9,15H,7H2,1-4H3. The molecule has 86 valence electrons. The lowest BCUT2D eigenvalue weighted by molar-refractivity contribution is 0.0858. The maximum Gasteiger partial charge on any atom is 0.168 e. The number of benzene rings is 1. The first-order valence-corrected chi connectivity index (χ1v) is 5.82. The minimum absolute atomic E-state index is 0.217. The van der Waals surface area contributed by atoms with Gasteiger partial charge in [0.05, 0.1) is 0 Å². The van der Waals surface area contributed by atoms with Gasteiger partial charge in [0.15, 0.2) is 5.78 Å². The molecule has 1 aromatic carbocycles. The summed E-state index contributed by atoms with van der Waals surface area (Å²) >= 11 is 0. The highest BCUT2D eigenvalue weighted by molar-refractivity contribution is 6.00. The third-order valence-electron chi connectivity index (χ3n) is 2.98. The van der Waals surface area contributed by atoms with Crippen LogP contribution in [0.15, 0.2) is 18.2 Å². The first-order chi connectivity index (χ1) is 7.38. The normalized spacial score (nSPS) is 19.1. The molecule has 0 bridgehead atoms. The molecule has 0 fully saturated rings. The molecule has 0 aliphatic carbocycles. The predicted molar refractivity (Wildman–Crippen MR) is 67.0 cm³/mol. The molecule has 1 unspecified atom stereocenters. The lowest BCUT2D eigenvalue weighted by atomic mass is 9.86. The van der Waals surface area contributed by atoms with Gasteiger partial charge in [-0.2, -0.15) is 0 Å². The Kier molecular flexibility index (Phi) is 2.53. The number of anilines is 1.